The van der Waals surface area contributed by atoms with E-state index in [0.717, 1.165) is 11.1 Å². The van der Waals surface area contributed by atoms with Gasteiger partial charge in [-0.15, -0.1) is 0 Å². The Bertz CT molecular complexity index is 1210. The first-order valence-corrected chi connectivity index (χ1v) is 11.4. The highest BCUT2D eigenvalue weighted by atomic mass is 19.3. The molecule has 0 radical (unpaired) electrons. The summed E-state index contributed by atoms with van der Waals surface area (Å²) in [7, 11) is 0. The molecule has 0 saturated heterocycles. The Morgan fingerprint density at radius 2 is 1.65 bits per heavy atom. The minimum Gasteiger partial charge on any atom is -0.446 e. The van der Waals surface area contributed by atoms with Gasteiger partial charge in [-0.05, 0) is 24.5 Å². The fourth-order valence-corrected chi connectivity index (χ4v) is 4.75. The fraction of sp³-hybridized carbons (Fsp3) is 0.346. The molecule has 1 saturated carbocycles. The second-order valence-corrected chi connectivity index (χ2v) is 8.92. The number of ether oxygens (including phenoxy) is 1. The standard InChI is InChI=1S/C26H25F2N3O3/c1-17-29-22-16-30(25(33)34-20-14-26(27,28)15-20)13-12-21(22)24(32)31(17)23(18-8-4-2-5-9-18)19-10-6-3-7-11-19/h2-11,20,23H,12-16H2,1H3. The van der Waals surface area contributed by atoms with Crippen LogP contribution in [0.2, 0.25) is 0 Å². The summed E-state index contributed by atoms with van der Waals surface area (Å²) in [5.41, 5.74) is 2.91. The normalized spacial score (nSPS) is 17.2. The summed E-state index contributed by atoms with van der Waals surface area (Å²) in [6.07, 6.45) is -1.95. The molecule has 2 aliphatic rings. The maximum atomic E-state index is 13.7. The van der Waals surface area contributed by atoms with Crippen LogP contribution in [0.25, 0.3) is 0 Å². The van der Waals surface area contributed by atoms with Crippen molar-refractivity contribution in [1.29, 1.82) is 0 Å². The number of rotatable bonds is 4. The summed E-state index contributed by atoms with van der Waals surface area (Å²) in [5.74, 6) is -2.22. The van der Waals surface area contributed by atoms with Crippen molar-refractivity contribution in [1.82, 2.24) is 14.5 Å². The van der Waals surface area contributed by atoms with Crippen molar-refractivity contribution in [2.45, 2.75) is 50.8 Å². The minimum absolute atomic E-state index is 0.121. The lowest BCUT2D eigenvalue weighted by Gasteiger charge is -2.36. The number of hydrogen-bond donors (Lipinski definition) is 0. The summed E-state index contributed by atoms with van der Waals surface area (Å²) in [6.45, 7) is 2.18. The summed E-state index contributed by atoms with van der Waals surface area (Å²) < 4.78 is 33.1. The largest absolute Gasteiger partial charge is 0.446 e. The molecule has 8 heteroatoms. The van der Waals surface area contributed by atoms with Gasteiger partial charge in [0.1, 0.15) is 11.9 Å². The maximum Gasteiger partial charge on any atom is 0.410 e. The topological polar surface area (TPSA) is 64.4 Å². The molecular weight excluding hydrogens is 440 g/mol. The van der Waals surface area contributed by atoms with Crippen LogP contribution in [0.4, 0.5) is 13.6 Å². The van der Waals surface area contributed by atoms with Crippen molar-refractivity contribution in [3.05, 3.63) is 99.2 Å². The number of fused-ring (bicyclic) bond motifs is 1. The van der Waals surface area contributed by atoms with Gasteiger partial charge < -0.3 is 9.64 Å². The van der Waals surface area contributed by atoms with Crippen LogP contribution in [0.3, 0.4) is 0 Å². The number of hydrogen-bond acceptors (Lipinski definition) is 4. The molecule has 1 aliphatic heterocycles. The third-order valence-electron chi connectivity index (χ3n) is 6.51. The van der Waals surface area contributed by atoms with Crippen LogP contribution >= 0.6 is 0 Å². The number of alkyl halides is 2. The van der Waals surface area contributed by atoms with Crippen LogP contribution in [-0.4, -0.2) is 39.1 Å². The first-order valence-electron chi connectivity index (χ1n) is 11.4. The molecule has 0 N–H and O–H groups in total. The van der Waals surface area contributed by atoms with Crippen molar-refractivity contribution in [2.75, 3.05) is 6.54 Å². The molecule has 176 valence electrons. The molecule has 2 aromatic carbocycles. The number of benzene rings is 2. The van der Waals surface area contributed by atoms with Crippen LogP contribution in [0.1, 0.15) is 47.1 Å². The van der Waals surface area contributed by atoms with Gasteiger partial charge in [-0.3, -0.25) is 9.36 Å². The Morgan fingerprint density at radius 1 is 1.06 bits per heavy atom. The molecule has 1 amide bonds. The van der Waals surface area contributed by atoms with Crippen LogP contribution in [0, 0.1) is 6.92 Å². The van der Waals surface area contributed by atoms with E-state index < -0.39 is 31.0 Å². The Morgan fingerprint density at radius 3 is 2.21 bits per heavy atom. The van der Waals surface area contributed by atoms with E-state index in [9.17, 15) is 18.4 Å². The summed E-state index contributed by atoms with van der Waals surface area (Å²) in [5, 5.41) is 0. The smallest absolute Gasteiger partial charge is 0.410 e. The number of aryl methyl sites for hydroxylation is 1. The third kappa shape index (κ3) is 4.20. The SMILES string of the molecule is Cc1nc2c(c(=O)n1C(c1ccccc1)c1ccccc1)CCN(C(=O)OC1CC(F)(F)C1)C2. The second kappa shape index (κ2) is 8.66. The zero-order valence-electron chi connectivity index (χ0n) is 18.8. The van der Waals surface area contributed by atoms with Crippen molar-refractivity contribution in [2.24, 2.45) is 0 Å². The number of halogens is 2. The van der Waals surface area contributed by atoms with Crippen LogP contribution in [0.15, 0.2) is 65.5 Å². The number of nitrogens with zero attached hydrogens (tertiary/aromatic N) is 3. The number of amides is 1. The van der Waals surface area contributed by atoms with Gasteiger partial charge in [0.15, 0.2) is 0 Å². The zero-order valence-corrected chi connectivity index (χ0v) is 18.8. The lowest BCUT2D eigenvalue weighted by Crippen LogP contribution is -2.47. The predicted molar refractivity (Wildman–Crippen MR) is 122 cm³/mol. The monoisotopic (exact) mass is 465 g/mol. The van der Waals surface area contributed by atoms with Crippen molar-refractivity contribution >= 4 is 6.09 Å². The molecule has 0 bridgehead atoms. The minimum atomic E-state index is -2.75. The van der Waals surface area contributed by atoms with Crippen molar-refractivity contribution in [3.8, 4) is 0 Å². The predicted octanol–water partition coefficient (Wildman–Crippen LogP) is 4.48. The van der Waals surface area contributed by atoms with Gasteiger partial charge >= 0.3 is 6.09 Å². The molecule has 1 aliphatic carbocycles. The summed E-state index contributed by atoms with van der Waals surface area (Å²) in [4.78, 5) is 32.3. The van der Waals surface area contributed by atoms with Crippen LogP contribution in [-0.2, 0) is 17.7 Å². The van der Waals surface area contributed by atoms with E-state index >= 15 is 0 Å². The quantitative estimate of drug-likeness (QED) is 0.570. The average Bonchev–Trinajstić information content (AvgIpc) is 2.81. The van der Waals surface area contributed by atoms with Gasteiger partial charge in [-0.25, -0.2) is 18.6 Å². The average molecular weight is 466 g/mol. The summed E-state index contributed by atoms with van der Waals surface area (Å²) in [6, 6.07) is 19.3. The molecule has 0 spiro atoms. The van der Waals surface area contributed by atoms with Gasteiger partial charge in [-0.2, -0.15) is 0 Å². The Labute approximate surface area is 195 Å². The first kappa shape index (κ1) is 22.3. The second-order valence-electron chi connectivity index (χ2n) is 8.92. The third-order valence-corrected chi connectivity index (χ3v) is 6.51. The highest BCUT2D eigenvalue weighted by molar-refractivity contribution is 5.68. The molecule has 1 aromatic heterocycles. The van der Waals surface area contributed by atoms with E-state index in [0.29, 0.717) is 23.5 Å². The van der Waals surface area contributed by atoms with Gasteiger partial charge in [0.25, 0.3) is 11.5 Å². The molecule has 3 aromatic rings. The first-order chi connectivity index (χ1) is 16.3. The molecule has 2 heterocycles. The Balaban J connectivity index is 1.45. The summed E-state index contributed by atoms with van der Waals surface area (Å²) >= 11 is 0. The molecule has 0 atom stereocenters. The van der Waals surface area contributed by atoms with Gasteiger partial charge in [0.05, 0.1) is 18.3 Å². The highest BCUT2D eigenvalue weighted by Gasteiger charge is 2.48. The molecule has 5 rings (SSSR count). The molecule has 0 unspecified atom stereocenters. The van der Waals surface area contributed by atoms with Crippen molar-refractivity contribution < 1.29 is 18.3 Å². The lowest BCUT2D eigenvalue weighted by atomic mass is 9.91. The Hall–Kier alpha value is -3.55. The molecular formula is C26H25F2N3O3. The van der Waals surface area contributed by atoms with E-state index in [4.69, 9.17) is 9.72 Å². The van der Waals surface area contributed by atoms with Gasteiger partial charge in [0.2, 0.25) is 0 Å². The highest BCUT2D eigenvalue weighted by Crippen LogP contribution is 2.39. The van der Waals surface area contributed by atoms with Crippen LogP contribution < -0.4 is 5.56 Å². The molecule has 1 fully saturated rings. The number of aromatic nitrogens is 2. The van der Waals surface area contributed by atoms with Crippen LogP contribution in [0.5, 0.6) is 0 Å². The zero-order chi connectivity index (χ0) is 23.9. The fourth-order valence-electron chi connectivity index (χ4n) is 4.75. The van der Waals surface area contributed by atoms with Gasteiger partial charge in [0, 0.05) is 24.9 Å². The van der Waals surface area contributed by atoms with E-state index in [1.165, 1.54) is 4.90 Å². The number of carbonyl (C=O) groups excluding carboxylic acids is 1. The molecule has 34 heavy (non-hydrogen) atoms. The van der Waals surface area contributed by atoms with E-state index in [2.05, 4.69) is 0 Å². The lowest BCUT2D eigenvalue weighted by molar-refractivity contribution is -0.148. The van der Waals surface area contributed by atoms with Gasteiger partial charge in [-0.1, -0.05) is 60.7 Å². The van der Waals surface area contributed by atoms with E-state index in [1.54, 1.807) is 11.5 Å². The molecule has 6 nitrogen and oxygen atoms in total. The van der Waals surface area contributed by atoms with Crippen molar-refractivity contribution in [3.63, 3.8) is 0 Å². The Kier molecular flexibility index (Phi) is 5.67. The van der Waals surface area contributed by atoms with E-state index in [1.807, 2.05) is 60.7 Å². The number of carbonyl (C=O) groups is 1. The maximum absolute atomic E-state index is 13.7. The van der Waals surface area contributed by atoms with E-state index in [-0.39, 0.29) is 24.7 Å².